The molecule has 0 aliphatic carbocycles. The minimum atomic E-state index is 0.323. The molecule has 0 aromatic heterocycles. The van der Waals surface area contributed by atoms with Crippen LogP contribution in [0.5, 0.6) is 0 Å². The smallest absolute Gasteiger partial charge is 0.0594 e. The molecule has 8 heterocycles. The molecular formula is C71H150N8O2. The van der Waals surface area contributed by atoms with E-state index in [2.05, 4.69) is 234 Å². The molecule has 8 aliphatic heterocycles. The first kappa shape index (κ1) is 78.6. The van der Waals surface area contributed by atoms with Gasteiger partial charge in [-0.25, -0.2) is 0 Å². The molecular weight excluding hydrogens is 997 g/mol. The van der Waals surface area contributed by atoms with Gasteiger partial charge in [0.05, 0.1) is 13.2 Å². The Hall–Kier alpha value is -0.400. The van der Waals surface area contributed by atoms with E-state index in [1.165, 1.54) is 162 Å². The van der Waals surface area contributed by atoms with Gasteiger partial charge in [0.25, 0.3) is 0 Å². The molecule has 10 nitrogen and oxygen atoms in total. The van der Waals surface area contributed by atoms with Crippen LogP contribution in [0.2, 0.25) is 0 Å². The number of piperazine rings is 1. The number of hydrogen-bond acceptors (Lipinski definition) is 10. The highest BCUT2D eigenvalue weighted by Crippen LogP contribution is 2.36. The number of nitrogens with zero attached hydrogens (tertiary/aromatic N) is 8. The second kappa shape index (κ2) is 36.2. The normalized spacial score (nSPS) is 24.9. The number of rotatable bonds is 0. The van der Waals surface area contributed by atoms with Gasteiger partial charge in [0, 0.05) is 87.2 Å². The van der Waals surface area contributed by atoms with E-state index in [0.717, 1.165) is 63.3 Å². The lowest BCUT2D eigenvalue weighted by Gasteiger charge is -2.41. The van der Waals surface area contributed by atoms with Crippen LogP contribution >= 0.6 is 0 Å². The summed E-state index contributed by atoms with van der Waals surface area (Å²) in [5, 5.41) is 0. The summed E-state index contributed by atoms with van der Waals surface area (Å²) in [6, 6.07) is 0.812. The highest BCUT2D eigenvalue weighted by molar-refractivity contribution is 4.87. The van der Waals surface area contributed by atoms with E-state index in [0.29, 0.717) is 43.8 Å². The Kier molecular flexibility index (Phi) is 35.1. The van der Waals surface area contributed by atoms with Gasteiger partial charge in [0.1, 0.15) is 0 Å². The number of morpholine rings is 1. The highest BCUT2D eigenvalue weighted by atomic mass is 16.5. The summed E-state index contributed by atoms with van der Waals surface area (Å²) in [6.07, 6.45) is 16.5. The van der Waals surface area contributed by atoms with Crippen LogP contribution in [-0.2, 0) is 9.47 Å². The lowest BCUT2D eigenvalue weighted by molar-refractivity contribution is -0.00389. The van der Waals surface area contributed by atoms with E-state index in [4.69, 9.17) is 9.47 Å². The third-order valence-corrected chi connectivity index (χ3v) is 19.3. The van der Waals surface area contributed by atoms with Crippen molar-refractivity contribution in [1.82, 2.24) is 39.2 Å². The Bertz CT molecular complexity index is 1420. The first-order valence-corrected chi connectivity index (χ1v) is 33.9. The van der Waals surface area contributed by atoms with Crippen molar-refractivity contribution in [3.05, 3.63) is 0 Å². The molecule has 81 heavy (non-hydrogen) atoms. The molecule has 0 saturated carbocycles. The maximum Gasteiger partial charge on any atom is 0.0594 e. The van der Waals surface area contributed by atoms with Gasteiger partial charge in [-0.1, -0.05) is 89.5 Å². The summed E-state index contributed by atoms with van der Waals surface area (Å²) < 4.78 is 10.5. The monoisotopic (exact) mass is 1150 g/mol. The summed E-state index contributed by atoms with van der Waals surface area (Å²) in [7, 11) is 8.87. The molecule has 8 fully saturated rings. The zero-order chi connectivity index (χ0) is 62.3. The molecule has 0 aromatic rings. The Balaban J connectivity index is 0.000000463. The van der Waals surface area contributed by atoms with Crippen LogP contribution in [0.3, 0.4) is 0 Å². The average Bonchev–Trinajstić information content (AvgIpc) is 4.17. The number of piperidine rings is 2. The van der Waals surface area contributed by atoms with Crippen LogP contribution in [0.25, 0.3) is 0 Å². The lowest BCUT2D eigenvalue weighted by atomic mass is 9.75. The zero-order valence-corrected chi connectivity index (χ0v) is 60.6. The number of likely N-dealkylation sites (N-methyl/N-ethyl adjacent to an activating group) is 1. The van der Waals surface area contributed by atoms with Gasteiger partial charge in [-0.2, -0.15) is 0 Å². The Morgan fingerprint density at radius 3 is 0.852 bits per heavy atom. The maximum atomic E-state index is 5.29. The van der Waals surface area contributed by atoms with Crippen LogP contribution in [0.4, 0.5) is 0 Å². The van der Waals surface area contributed by atoms with Crippen LogP contribution in [0.15, 0.2) is 0 Å². The summed E-state index contributed by atoms with van der Waals surface area (Å²) in [5.74, 6) is 2.73. The van der Waals surface area contributed by atoms with E-state index < -0.39 is 0 Å². The van der Waals surface area contributed by atoms with E-state index in [1.54, 1.807) is 0 Å². The summed E-state index contributed by atoms with van der Waals surface area (Å²) in [5.41, 5.74) is 3.52. The Morgan fingerprint density at radius 1 is 0.259 bits per heavy atom. The van der Waals surface area contributed by atoms with Gasteiger partial charge in [-0.3, -0.25) is 19.6 Å². The van der Waals surface area contributed by atoms with Crippen molar-refractivity contribution in [3.8, 4) is 0 Å². The largest absolute Gasteiger partial charge is 0.381 e. The molecule has 0 N–H and O–H groups in total. The highest BCUT2D eigenvalue weighted by Gasteiger charge is 2.33. The average molecular weight is 1150 g/mol. The molecule has 2 unspecified atom stereocenters. The molecule has 0 amide bonds. The van der Waals surface area contributed by atoms with E-state index in [1.807, 2.05) is 0 Å². The fourth-order valence-electron chi connectivity index (χ4n) is 12.7. The minimum Gasteiger partial charge on any atom is -0.381 e. The molecule has 8 saturated heterocycles. The first-order valence-electron chi connectivity index (χ1n) is 33.9. The minimum absolute atomic E-state index is 0.323. The summed E-state index contributed by atoms with van der Waals surface area (Å²) >= 11 is 0. The quantitative estimate of drug-likeness (QED) is 0.234. The zero-order valence-electron chi connectivity index (χ0n) is 60.6. The maximum absolute atomic E-state index is 5.29. The topological polar surface area (TPSA) is 44.4 Å². The van der Waals surface area contributed by atoms with Gasteiger partial charge < -0.3 is 29.1 Å². The van der Waals surface area contributed by atoms with Crippen molar-refractivity contribution in [1.29, 1.82) is 0 Å². The second-order valence-corrected chi connectivity index (χ2v) is 34.6. The first-order chi connectivity index (χ1) is 36.9. The molecule has 0 aromatic carbocycles. The standard InChI is InChI=1S/C10H21N.C9H20N2.3C9H19N.C9H18O.C8H17NO.C8H17N/c1-10(2,3)9-5-7-11(4)8-6-9;1-9(2,3)11-7-5-10(4)6-8-11;1-9(2,3)8-5-6-10(4)7-8;1-9(2,3)8-6-5-7-10(8)4;1-9(2,3)10-7-5-4-6-8-10;1-9(2,3)8-4-6-10-7-5-8;1-8(2,3)9-4-6-10-7-5-9;1-8(2,3)9-6-4-5-7-9/h9H,5-8H2,1-4H3;5-8H2,1-4H3;2*8H,5-7H2,1-4H3;4-8H2,1-3H3;8H,4-7H2,1-3H3;4-7H2,1-3H3;4-7H2,1-3H3. The van der Waals surface area contributed by atoms with E-state index in [-0.39, 0.29) is 0 Å². The summed E-state index contributed by atoms with van der Waals surface area (Å²) in [4.78, 5) is 19.9. The SMILES string of the molecule is CC(C)(C)C1CCOCC1.CC(C)(C)N1CCCC1.CC(C)(C)N1CCCCC1.CC(C)(C)N1CCOCC1.CN1CCC(C(C)(C)C)C1.CN1CCC(C(C)(C)C)CC1.CN1CCCC1C(C)(C)C.CN1CCN(C(C)(C)C)CC1. The summed E-state index contributed by atoms with van der Waals surface area (Å²) in [6.45, 7) is 78.0. The molecule has 0 radical (unpaired) electrons. The number of likely N-dealkylation sites (tertiary alicyclic amines) is 5. The van der Waals surface area contributed by atoms with Gasteiger partial charge in [0.2, 0.25) is 0 Å². The van der Waals surface area contributed by atoms with Crippen molar-refractivity contribution in [2.24, 2.45) is 39.4 Å². The second-order valence-electron chi connectivity index (χ2n) is 34.6. The van der Waals surface area contributed by atoms with Crippen molar-refractivity contribution in [2.45, 2.75) is 271 Å². The predicted octanol–water partition coefficient (Wildman–Crippen LogP) is 15.2. The number of hydrogen-bond donors (Lipinski definition) is 0. The van der Waals surface area contributed by atoms with Crippen LogP contribution in [0.1, 0.15) is 243 Å². The van der Waals surface area contributed by atoms with Gasteiger partial charge >= 0.3 is 0 Å². The molecule has 2 atom stereocenters. The third kappa shape index (κ3) is 34.7. The van der Waals surface area contributed by atoms with Crippen LogP contribution in [-0.4, -0.2) is 220 Å². The van der Waals surface area contributed by atoms with Crippen molar-refractivity contribution in [3.63, 3.8) is 0 Å². The van der Waals surface area contributed by atoms with Gasteiger partial charge in [0.15, 0.2) is 0 Å². The molecule has 8 rings (SSSR count). The predicted molar refractivity (Wildman–Crippen MR) is 360 cm³/mol. The Morgan fingerprint density at radius 2 is 0.580 bits per heavy atom. The molecule has 486 valence electrons. The van der Waals surface area contributed by atoms with E-state index >= 15 is 0 Å². The van der Waals surface area contributed by atoms with Gasteiger partial charge in [-0.05, 0) is 274 Å². The Labute approximate surface area is 510 Å². The van der Waals surface area contributed by atoms with Gasteiger partial charge in [-0.15, -0.1) is 0 Å². The van der Waals surface area contributed by atoms with Crippen molar-refractivity contribution in [2.75, 3.05) is 153 Å². The van der Waals surface area contributed by atoms with Crippen LogP contribution in [0, 0.1) is 39.4 Å². The lowest BCUT2D eigenvalue weighted by Crippen LogP contribution is -2.52. The van der Waals surface area contributed by atoms with Crippen LogP contribution < -0.4 is 0 Å². The van der Waals surface area contributed by atoms with Crippen molar-refractivity contribution < 1.29 is 9.47 Å². The molecule has 0 spiro atoms. The van der Waals surface area contributed by atoms with Crippen molar-refractivity contribution >= 4 is 0 Å². The fraction of sp³-hybridized carbons (Fsp3) is 1.00. The van der Waals surface area contributed by atoms with E-state index in [9.17, 15) is 0 Å². The molecule has 10 heteroatoms. The molecule has 0 bridgehead atoms. The number of ether oxygens (including phenoxy) is 2. The fourth-order valence-corrected chi connectivity index (χ4v) is 12.7. The molecule has 8 aliphatic rings. The third-order valence-electron chi connectivity index (χ3n) is 19.3.